The molecule has 1 aromatic carbocycles. The van der Waals surface area contributed by atoms with Gasteiger partial charge in [0.25, 0.3) is 0 Å². The Labute approximate surface area is 125 Å². The Kier molecular flexibility index (Phi) is 6.75. The second kappa shape index (κ2) is 8.84. The molecular weight excluding hydrogens is 274 g/mol. The second-order valence-corrected chi connectivity index (χ2v) is 4.75. The molecule has 0 bridgehead atoms. The van der Waals surface area contributed by atoms with E-state index >= 15 is 0 Å². The standard InChI is InChI=1S/C15H23NO5/c1-17-7-8-18-5-2-6-19-10-13(16)12-3-4-14-15(9-12)21-11-20-14/h3-4,9,13H,2,5-8,10-11,16H2,1H3. The minimum absolute atomic E-state index is 0.172. The molecule has 0 fully saturated rings. The number of fused-ring (bicyclic) bond motifs is 1. The summed E-state index contributed by atoms with van der Waals surface area (Å²) >= 11 is 0. The lowest BCUT2D eigenvalue weighted by molar-refractivity contribution is 0.0492. The van der Waals surface area contributed by atoms with Crippen LogP contribution in [0.3, 0.4) is 0 Å². The van der Waals surface area contributed by atoms with Crippen molar-refractivity contribution in [3.05, 3.63) is 23.8 Å². The average molecular weight is 297 g/mol. The largest absolute Gasteiger partial charge is 0.454 e. The van der Waals surface area contributed by atoms with E-state index in [4.69, 9.17) is 29.4 Å². The van der Waals surface area contributed by atoms with Gasteiger partial charge in [0.05, 0.1) is 25.9 Å². The molecule has 21 heavy (non-hydrogen) atoms. The molecule has 6 nitrogen and oxygen atoms in total. The number of ether oxygens (including phenoxy) is 5. The smallest absolute Gasteiger partial charge is 0.231 e. The van der Waals surface area contributed by atoms with Crippen LogP contribution in [0, 0.1) is 0 Å². The van der Waals surface area contributed by atoms with Crippen molar-refractivity contribution in [2.75, 3.05) is 46.9 Å². The van der Waals surface area contributed by atoms with Crippen LogP contribution in [0.5, 0.6) is 11.5 Å². The van der Waals surface area contributed by atoms with Crippen LogP contribution in [0.4, 0.5) is 0 Å². The van der Waals surface area contributed by atoms with E-state index in [0.717, 1.165) is 23.5 Å². The molecule has 118 valence electrons. The molecule has 2 rings (SSSR count). The van der Waals surface area contributed by atoms with Gasteiger partial charge >= 0.3 is 0 Å². The fraction of sp³-hybridized carbons (Fsp3) is 0.600. The van der Waals surface area contributed by atoms with Crippen molar-refractivity contribution in [1.29, 1.82) is 0 Å². The first-order valence-corrected chi connectivity index (χ1v) is 7.11. The topological polar surface area (TPSA) is 72.2 Å². The van der Waals surface area contributed by atoms with E-state index in [0.29, 0.717) is 33.0 Å². The van der Waals surface area contributed by atoms with Crippen molar-refractivity contribution in [3.8, 4) is 11.5 Å². The van der Waals surface area contributed by atoms with E-state index in [9.17, 15) is 0 Å². The molecule has 0 spiro atoms. The second-order valence-electron chi connectivity index (χ2n) is 4.75. The van der Waals surface area contributed by atoms with Gasteiger partial charge in [-0.3, -0.25) is 0 Å². The van der Waals surface area contributed by atoms with Crippen LogP contribution in [0.25, 0.3) is 0 Å². The summed E-state index contributed by atoms with van der Waals surface area (Å²) in [5.41, 5.74) is 7.08. The SMILES string of the molecule is COCCOCCCOCC(N)c1ccc2c(c1)OCO2. The zero-order chi connectivity index (χ0) is 14.9. The van der Waals surface area contributed by atoms with E-state index in [2.05, 4.69) is 0 Å². The van der Waals surface area contributed by atoms with Gasteiger partial charge in [0, 0.05) is 20.3 Å². The summed E-state index contributed by atoms with van der Waals surface area (Å²) in [4.78, 5) is 0. The first-order valence-electron chi connectivity index (χ1n) is 7.11. The normalized spacial score (nSPS) is 14.4. The number of rotatable bonds is 10. The zero-order valence-corrected chi connectivity index (χ0v) is 12.4. The highest BCUT2D eigenvalue weighted by atomic mass is 16.7. The van der Waals surface area contributed by atoms with Gasteiger partial charge in [-0.05, 0) is 24.1 Å². The molecule has 0 aliphatic carbocycles. The van der Waals surface area contributed by atoms with Crippen molar-refractivity contribution in [2.24, 2.45) is 5.73 Å². The summed E-state index contributed by atoms with van der Waals surface area (Å²) in [6, 6.07) is 5.55. The molecule has 6 heteroatoms. The number of methoxy groups -OCH3 is 1. The molecule has 0 radical (unpaired) electrons. The molecule has 0 saturated heterocycles. The quantitative estimate of drug-likeness (QED) is 0.660. The van der Waals surface area contributed by atoms with E-state index in [1.54, 1.807) is 7.11 Å². The number of nitrogens with two attached hydrogens (primary N) is 1. The van der Waals surface area contributed by atoms with Gasteiger partial charge in [-0.25, -0.2) is 0 Å². The Bertz CT molecular complexity index is 427. The third kappa shape index (κ3) is 5.17. The molecule has 2 N–H and O–H groups in total. The van der Waals surface area contributed by atoms with Crippen LogP contribution in [0.15, 0.2) is 18.2 Å². The van der Waals surface area contributed by atoms with E-state index < -0.39 is 0 Å². The molecule has 0 saturated carbocycles. The van der Waals surface area contributed by atoms with Gasteiger partial charge in [-0.2, -0.15) is 0 Å². The van der Waals surface area contributed by atoms with Crippen LogP contribution in [0.2, 0.25) is 0 Å². The molecule has 0 amide bonds. The van der Waals surface area contributed by atoms with Gasteiger partial charge in [0.15, 0.2) is 11.5 Å². The minimum Gasteiger partial charge on any atom is -0.454 e. The average Bonchev–Trinajstić information content (AvgIpc) is 2.97. The van der Waals surface area contributed by atoms with Crippen molar-refractivity contribution >= 4 is 0 Å². The van der Waals surface area contributed by atoms with E-state index in [1.165, 1.54) is 0 Å². The molecule has 1 aromatic rings. The molecular formula is C15H23NO5. The highest BCUT2D eigenvalue weighted by molar-refractivity contribution is 5.45. The number of hydrogen-bond donors (Lipinski definition) is 1. The predicted molar refractivity (Wildman–Crippen MR) is 77.6 cm³/mol. The summed E-state index contributed by atoms with van der Waals surface area (Å²) in [6.45, 7) is 3.28. The Morgan fingerprint density at radius 2 is 1.90 bits per heavy atom. The summed E-state index contributed by atoms with van der Waals surface area (Å²) in [5.74, 6) is 1.51. The van der Waals surface area contributed by atoms with E-state index in [-0.39, 0.29) is 12.8 Å². The van der Waals surface area contributed by atoms with Crippen molar-refractivity contribution in [3.63, 3.8) is 0 Å². The van der Waals surface area contributed by atoms with Crippen LogP contribution >= 0.6 is 0 Å². The maximum Gasteiger partial charge on any atom is 0.231 e. The first-order chi connectivity index (χ1) is 10.3. The predicted octanol–water partition coefficient (Wildman–Crippen LogP) is 1.48. The summed E-state index contributed by atoms with van der Waals surface area (Å²) in [6.07, 6.45) is 0.845. The molecule has 1 heterocycles. The third-order valence-electron chi connectivity index (χ3n) is 3.13. The Hall–Kier alpha value is -1.34. The minimum atomic E-state index is -0.172. The van der Waals surface area contributed by atoms with Crippen molar-refractivity contribution in [1.82, 2.24) is 0 Å². The lowest BCUT2D eigenvalue weighted by Gasteiger charge is -2.13. The van der Waals surface area contributed by atoms with Crippen LogP contribution in [0.1, 0.15) is 18.0 Å². The third-order valence-corrected chi connectivity index (χ3v) is 3.13. The van der Waals surface area contributed by atoms with E-state index in [1.807, 2.05) is 18.2 Å². The van der Waals surface area contributed by atoms with Gasteiger partial charge < -0.3 is 29.4 Å². The Balaban J connectivity index is 1.60. The lowest BCUT2D eigenvalue weighted by atomic mass is 10.1. The van der Waals surface area contributed by atoms with Crippen molar-refractivity contribution in [2.45, 2.75) is 12.5 Å². The van der Waals surface area contributed by atoms with Gasteiger partial charge in [0.1, 0.15) is 0 Å². The maximum absolute atomic E-state index is 6.10. The van der Waals surface area contributed by atoms with Crippen molar-refractivity contribution < 1.29 is 23.7 Å². The lowest BCUT2D eigenvalue weighted by Crippen LogP contribution is -2.18. The van der Waals surface area contributed by atoms with Gasteiger partial charge in [-0.15, -0.1) is 0 Å². The molecule has 0 aromatic heterocycles. The summed E-state index contributed by atoms with van der Waals surface area (Å²) < 4.78 is 26.4. The Morgan fingerprint density at radius 1 is 1.10 bits per heavy atom. The fourth-order valence-electron chi connectivity index (χ4n) is 1.96. The van der Waals surface area contributed by atoms with Crippen LogP contribution in [-0.4, -0.2) is 46.9 Å². The molecule has 1 unspecified atom stereocenters. The highest BCUT2D eigenvalue weighted by Crippen LogP contribution is 2.33. The van der Waals surface area contributed by atoms with Crippen LogP contribution in [-0.2, 0) is 14.2 Å². The zero-order valence-electron chi connectivity index (χ0n) is 12.4. The molecule has 1 atom stereocenters. The maximum atomic E-state index is 6.10. The van der Waals surface area contributed by atoms with Gasteiger partial charge in [0.2, 0.25) is 6.79 Å². The monoisotopic (exact) mass is 297 g/mol. The number of benzene rings is 1. The van der Waals surface area contributed by atoms with Crippen LogP contribution < -0.4 is 15.2 Å². The Morgan fingerprint density at radius 3 is 2.76 bits per heavy atom. The summed E-state index contributed by atoms with van der Waals surface area (Å²) in [5, 5.41) is 0. The van der Waals surface area contributed by atoms with Gasteiger partial charge in [-0.1, -0.05) is 6.07 Å². The number of hydrogen-bond acceptors (Lipinski definition) is 6. The summed E-state index contributed by atoms with van der Waals surface area (Å²) in [7, 11) is 1.66. The highest BCUT2D eigenvalue weighted by Gasteiger charge is 2.15. The fourth-order valence-corrected chi connectivity index (χ4v) is 1.96. The first kappa shape index (κ1) is 16.0. The molecule has 1 aliphatic heterocycles. The molecule has 1 aliphatic rings.